The van der Waals surface area contributed by atoms with Crippen molar-refractivity contribution in [3.05, 3.63) is 0 Å². The summed E-state index contributed by atoms with van der Waals surface area (Å²) >= 11 is 0. The summed E-state index contributed by atoms with van der Waals surface area (Å²) in [6.45, 7) is 0. The standard InChI is InChI=1S/C2H2O4.2Na.3H2O/c3-1(4)2(5)6;;;;;/h(H,3,4)(H,5,6);;;3*1H2/q;2*+1;;;/p-2. The fraction of sp³-hybridized carbons (Fsp3) is 0. The van der Waals surface area contributed by atoms with Gasteiger partial charge in [-0.05, 0) is 0 Å². The maximum Gasteiger partial charge on any atom is 1.00 e. The Morgan fingerprint density at radius 2 is 0.818 bits per heavy atom. The molecule has 0 amide bonds. The van der Waals surface area contributed by atoms with E-state index in [4.69, 9.17) is 19.8 Å². The fourth-order valence-electron chi connectivity index (χ4n) is 0. The number of hydrogen-bond acceptors (Lipinski definition) is 4. The Kier molecular flexibility index (Phi) is 83.3. The molecule has 0 aliphatic carbocycles. The van der Waals surface area contributed by atoms with Gasteiger partial charge in [0.1, 0.15) is 0 Å². The van der Waals surface area contributed by atoms with Gasteiger partial charge in [-0.2, -0.15) is 0 Å². The summed E-state index contributed by atoms with van der Waals surface area (Å²) in [6.07, 6.45) is 0. The topological polar surface area (TPSA) is 175 Å². The molecule has 0 saturated heterocycles. The van der Waals surface area contributed by atoms with Crippen LogP contribution in [-0.2, 0) is 9.59 Å². The van der Waals surface area contributed by atoms with Crippen LogP contribution in [0.15, 0.2) is 0 Å². The molecule has 11 heavy (non-hydrogen) atoms. The smallest absolute Gasteiger partial charge is 0.543 e. The van der Waals surface area contributed by atoms with Crippen molar-refractivity contribution >= 4 is 11.9 Å². The first-order valence-electron chi connectivity index (χ1n) is 1.07. The van der Waals surface area contributed by atoms with Gasteiger partial charge in [-0.25, -0.2) is 0 Å². The average molecular weight is 188 g/mol. The summed E-state index contributed by atoms with van der Waals surface area (Å²) < 4.78 is 0. The summed E-state index contributed by atoms with van der Waals surface area (Å²) in [7, 11) is 0. The van der Waals surface area contributed by atoms with Crippen LogP contribution >= 0.6 is 0 Å². The summed E-state index contributed by atoms with van der Waals surface area (Å²) in [6, 6.07) is 0. The van der Waals surface area contributed by atoms with Crippen LogP contribution in [0, 0.1) is 0 Å². The molecule has 0 rings (SSSR count). The molecular formula is C2H6Na2O7. The number of aliphatic carboxylic acids is 2. The van der Waals surface area contributed by atoms with Crippen molar-refractivity contribution < 1.29 is 95.3 Å². The summed E-state index contributed by atoms with van der Waals surface area (Å²) in [5.41, 5.74) is 0. The van der Waals surface area contributed by atoms with E-state index in [-0.39, 0.29) is 75.5 Å². The van der Waals surface area contributed by atoms with Gasteiger partial charge in [0.15, 0.2) is 0 Å². The number of carbonyl (C=O) groups excluding carboxylic acids is 2. The molecule has 0 saturated carbocycles. The molecule has 0 bridgehead atoms. The molecule has 7 nitrogen and oxygen atoms in total. The van der Waals surface area contributed by atoms with Crippen LogP contribution < -0.4 is 69.3 Å². The van der Waals surface area contributed by atoms with E-state index >= 15 is 0 Å². The van der Waals surface area contributed by atoms with Gasteiger partial charge in [0.25, 0.3) is 0 Å². The molecule has 0 spiro atoms. The van der Waals surface area contributed by atoms with E-state index in [1.807, 2.05) is 0 Å². The van der Waals surface area contributed by atoms with E-state index in [9.17, 15) is 0 Å². The van der Waals surface area contributed by atoms with Gasteiger partial charge >= 0.3 is 59.1 Å². The average Bonchev–Trinajstić information content (AvgIpc) is 1.36. The van der Waals surface area contributed by atoms with Crippen LogP contribution in [0.1, 0.15) is 0 Å². The zero-order chi connectivity index (χ0) is 5.15. The van der Waals surface area contributed by atoms with Crippen molar-refractivity contribution in [3.63, 3.8) is 0 Å². The molecule has 0 radical (unpaired) electrons. The second-order valence-corrected chi connectivity index (χ2v) is 0.575. The van der Waals surface area contributed by atoms with Crippen molar-refractivity contribution in [1.29, 1.82) is 0 Å². The molecule has 0 unspecified atom stereocenters. The van der Waals surface area contributed by atoms with Crippen LogP contribution in [0.25, 0.3) is 0 Å². The summed E-state index contributed by atoms with van der Waals surface area (Å²) in [5.74, 6) is -4.37. The minimum absolute atomic E-state index is 0. The molecule has 0 aliphatic rings. The van der Waals surface area contributed by atoms with E-state index in [2.05, 4.69) is 0 Å². The van der Waals surface area contributed by atoms with Crippen LogP contribution in [0.5, 0.6) is 0 Å². The Morgan fingerprint density at radius 1 is 0.727 bits per heavy atom. The van der Waals surface area contributed by atoms with Crippen LogP contribution in [-0.4, -0.2) is 28.4 Å². The molecule has 0 heterocycles. The van der Waals surface area contributed by atoms with Crippen molar-refractivity contribution in [3.8, 4) is 0 Å². The van der Waals surface area contributed by atoms with Crippen molar-refractivity contribution in [2.24, 2.45) is 0 Å². The van der Waals surface area contributed by atoms with Crippen molar-refractivity contribution in [2.75, 3.05) is 0 Å². The van der Waals surface area contributed by atoms with Gasteiger partial charge < -0.3 is 36.2 Å². The van der Waals surface area contributed by atoms with Gasteiger partial charge in [0.2, 0.25) is 0 Å². The normalized spacial score (nSPS) is 4.00. The number of rotatable bonds is 0. The Labute approximate surface area is 106 Å². The summed E-state index contributed by atoms with van der Waals surface area (Å²) in [4.78, 5) is 17.9. The van der Waals surface area contributed by atoms with E-state index in [1.54, 1.807) is 0 Å². The third kappa shape index (κ3) is 36.2. The largest absolute Gasteiger partial charge is 1.00 e. The van der Waals surface area contributed by atoms with Gasteiger partial charge in [-0.1, -0.05) is 0 Å². The van der Waals surface area contributed by atoms with Crippen LogP contribution in [0.2, 0.25) is 0 Å². The SMILES string of the molecule is O.O.O.O=C([O-])C(=O)[O-].[Na+].[Na+]. The fourth-order valence-corrected chi connectivity index (χ4v) is 0. The number of carbonyl (C=O) groups is 2. The van der Waals surface area contributed by atoms with Crippen molar-refractivity contribution in [1.82, 2.24) is 0 Å². The van der Waals surface area contributed by atoms with Crippen LogP contribution in [0.4, 0.5) is 0 Å². The quantitative estimate of drug-likeness (QED) is 0.271. The van der Waals surface area contributed by atoms with E-state index in [0.717, 1.165) is 0 Å². The van der Waals surface area contributed by atoms with E-state index in [0.29, 0.717) is 0 Å². The molecule has 6 N–H and O–H groups in total. The predicted octanol–water partition coefficient (Wildman–Crippen LogP) is -12.0. The zero-order valence-corrected chi connectivity index (χ0v) is 10.1. The van der Waals surface area contributed by atoms with Gasteiger partial charge in [-0.15, -0.1) is 0 Å². The Morgan fingerprint density at radius 3 is 0.818 bits per heavy atom. The molecular weight excluding hydrogens is 182 g/mol. The first kappa shape index (κ1) is 40.9. The number of carboxylic acids is 2. The minimum Gasteiger partial charge on any atom is -0.543 e. The van der Waals surface area contributed by atoms with Crippen LogP contribution in [0.3, 0.4) is 0 Å². The maximum absolute atomic E-state index is 8.93. The molecule has 0 atom stereocenters. The molecule has 9 heteroatoms. The molecule has 58 valence electrons. The Hall–Kier alpha value is 0.820. The first-order valence-corrected chi connectivity index (χ1v) is 1.07. The van der Waals surface area contributed by atoms with E-state index in [1.165, 1.54) is 0 Å². The molecule has 0 aliphatic heterocycles. The zero-order valence-electron chi connectivity index (χ0n) is 6.13. The molecule has 0 aromatic heterocycles. The number of carboxylic acid groups (broad SMARTS) is 2. The Balaban J connectivity index is -0.0000000125. The van der Waals surface area contributed by atoms with Gasteiger partial charge in [0.05, 0.1) is 11.9 Å². The predicted molar refractivity (Wildman–Crippen MR) is 20.9 cm³/mol. The molecule has 0 aromatic rings. The van der Waals surface area contributed by atoms with E-state index < -0.39 is 11.9 Å². The Bertz CT molecular complexity index is 80.4. The third-order valence-corrected chi connectivity index (χ3v) is 0.167. The second kappa shape index (κ2) is 22.4. The third-order valence-electron chi connectivity index (χ3n) is 0.167. The summed E-state index contributed by atoms with van der Waals surface area (Å²) in [5, 5.41) is 17.9. The van der Waals surface area contributed by atoms with Crippen molar-refractivity contribution in [2.45, 2.75) is 0 Å². The number of hydrogen-bond donors (Lipinski definition) is 0. The van der Waals surface area contributed by atoms with Gasteiger partial charge in [0, 0.05) is 0 Å². The minimum atomic E-state index is -2.19. The first-order chi connectivity index (χ1) is 2.64. The molecule has 0 fully saturated rings. The van der Waals surface area contributed by atoms with Gasteiger partial charge in [-0.3, -0.25) is 0 Å². The monoisotopic (exact) mass is 188 g/mol. The second-order valence-electron chi connectivity index (χ2n) is 0.575. The molecule has 0 aromatic carbocycles. The maximum atomic E-state index is 8.93.